The first-order valence-corrected chi connectivity index (χ1v) is 21.2. The van der Waals surface area contributed by atoms with Gasteiger partial charge in [0.05, 0.1) is 7.11 Å². The molecule has 0 bridgehead atoms. The minimum absolute atomic E-state index is 0.00519. The largest absolute Gasteiger partial charge is 0.467 e. The SMILES string of the molecule is COC(=O)[C@H](CC(C)C)NC(=O)[C@H](CC(C)C)NC(=O)[C@H](CCCCNC(=O)OCc1ccccc1)NC(=O)[C@H](CC(C)C)NC(=O)[C@H](CC(C)C)NC(=O)OC(C)(C)C. The first-order valence-electron chi connectivity index (χ1n) is 21.2. The predicted molar refractivity (Wildman–Crippen MR) is 229 cm³/mol. The van der Waals surface area contributed by atoms with Gasteiger partial charge < -0.3 is 46.1 Å². The lowest BCUT2D eigenvalue weighted by atomic mass is 9.99. The monoisotopic (exact) mass is 847 g/mol. The van der Waals surface area contributed by atoms with Crippen molar-refractivity contribution in [3.63, 3.8) is 0 Å². The van der Waals surface area contributed by atoms with Gasteiger partial charge in [-0.2, -0.15) is 0 Å². The van der Waals surface area contributed by atoms with Crippen molar-refractivity contribution < 1.29 is 47.8 Å². The Bertz CT molecular complexity index is 1510. The van der Waals surface area contributed by atoms with E-state index >= 15 is 0 Å². The number of ether oxygens (including phenoxy) is 3. The van der Waals surface area contributed by atoms with E-state index in [4.69, 9.17) is 14.2 Å². The van der Waals surface area contributed by atoms with E-state index in [0.717, 1.165) is 5.56 Å². The van der Waals surface area contributed by atoms with Crippen molar-refractivity contribution in [2.24, 2.45) is 23.7 Å². The molecule has 60 heavy (non-hydrogen) atoms. The summed E-state index contributed by atoms with van der Waals surface area (Å²) in [6.07, 6.45) is 0.573. The van der Waals surface area contributed by atoms with Gasteiger partial charge >= 0.3 is 18.2 Å². The van der Waals surface area contributed by atoms with Gasteiger partial charge in [0.1, 0.15) is 42.4 Å². The highest BCUT2D eigenvalue weighted by atomic mass is 16.6. The number of carbonyl (C=O) groups is 7. The fourth-order valence-electron chi connectivity index (χ4n) is 6.18. The van der Waals surface area contributed by atoms with E-state index < -0.39 is 77.6 Å². The number of amides is 6. The van der Waals surface area contributed by atoms with Crippen LogP contribution in [0.5, 0.6) is 0 Å². The topological polar surface area (TPSA) is 219 Å². The molecule has 0 aliphatic carbocycles. The van der Waals surface area contributed by atoms with E-state index in [1.807, 2.05) is 85.7 Å². The number of rotatable bonds is 25. The standard InChI is InChI=1S/C44H74N6O10/c1-27(2)22-33(48-40(54)35(24-29(5)6)50-43(57)60-44(9,10)11)38(52)46-32(20-16-17-21-45-42(56)59-26-31-18-14-13-15-19-31)37(51)47-34(23-28(3)4)39(53)49-36(25-30(7)8)41(55)58-12/h13-15,18-19,27-30,32-36H,16-17,20-26H2,1-12H3,(H,45,56)(H,46,52)(H,47,51)(H,48,54)(H,49,53)(H,50,57)/t32-,33-,34-,35-,36-/m0/s1. The van der Waals surface area contributed by atoms with Crippen LogP contribution in [0, 0.1) is 23.7 Å². The molecule has 340 valence electrons. The summed E-state index contributed by atoms with van der Waals surface area (Å²) < 4.78 is 15.6. The average Bonchev–Trinajstić information content (AvgIpc) is 3.13. The molecule has 1 aromatic rings. The lowest BCUT2D eigenvalue weighted by Crippen LogP contribution is -2.59. The fourth-order valence-corrected chi connectivity index (χ4v) is 6.18. The summed E-state index contributed by atoms with van der Waals surface area (Å²) in [5, 5.41) is 16.5. The molecule has 0 aromatic heterocycles. The first kappa shape index (κ1) is 53.1. The van der Waals surface area contributed by atoms with Gasteiger partial charge in [-0.05, 0) is 95.0 Å². The normalized spacial score (nSPS) is 14.0. The van der Waals surface area contributed by atoms with Crippen molar-refractivity contribution >= 4 is 41.8 Å². The maximum atomic E-state index is 14.1. The molecule has 0 saturated carbocycles. The van der Waals surface area contributed by atoms with Crippen LogP contribution in [-0.2, 0) is 44.8 Å². The zero-order chi connectivity index (χ0) is 45.6. The molecule has 0 aliphatic rings. The maximum absolute atomic E-state index is 14.1. The molecule has 16 heteroatoms. The summed E-state index contributed by atoms with van der Waals surface area (Å²) >= 11 is 0. The fraction of sp³-hybridized carbons (Fsp3) is 0.705. The zero-order valence-corrected chi connectivity index (χ0v) is 38.0. The number of methoxy groups -OCH3 is 1. The van der Waals surface area contributed by atoms with E-state index in [1.54, 1.807) is 20.8 Å². The molecule has 6 N–H and O–H groups in total. The number of carbonyl (C=O) groups excluding carboxylic acids is 7. The van der Waals surface area contributed by atoms with Crippen LogP contribution in [0.4, 0.5) is 9.59 Å². The Balaban J connectivity index is 3.31. The smallest absolute Gasteiger partial charge is 0.408 e. The van der Waals surface area contributed by atoms with Gasteiger partial charge in [-0.1, -0.05) is 85.7 Å². The van der Waals surface area contributed by atoms with Crippen molar-refractivity contribution in [1.82, 2.24) is 31.9 Å². The quantitative estimate of drug-likeness (QED) is 0.0425. The van der Waals surface area contributed by atoms with Crippen LogP contribution in [0.1, 0.15) is 127 Å². The van der Waals surface area contributed by atoms with E-state index in [-0.39, 0.29) is 62.5 Å². The number of hydrogen-bond acceptors (Lipinski definition) is 10. The lowest BCUT2D eigenvalue weighted by Gasteiger charge is -2.29. The molecule has 0 unspecified atom stereocenters. The van der Waals surface area contributed by atoms with E-state index in [1.165, 1.54) is 7.11 Å². The van der Waals surface area contributed by atoms with Gasteiger partial charge in [-0.15, -0.1) is 0 Å². The van der Waals surface area contributed by atoms with E-state index in [2.05, 4.69) is 31.9 Å². The number of alkyl carbamates (subject to hydrolysis) is 2. The second-order valence-corrected chi connectivity index (χ2v) is 18.0. The second kappa shape index (κ2) is 27.1. The Morgan fingerprint density at radius 1 is 0.550 bits per heavy atom. The lowest BCUT2D eigenvalue weighted by molar-refractivity contribution is -0.146. The summed E-state index contributed by atoms with van der Waals surface area (Å²) in [5.41, 5.74) is 0.0379. The van der Waals surface area contributed by atoms with E-state index in [9.17, 15) is 33.6 Å². The van der Waals surface area contributed by atoms with Crippen molar-refractivity contribution in [1.29, 1.82) is 0 Å². The van der Waals surface area contributed by atoms with Crippen LogP contribution in [0.2, 0.25) is 0 Å². The maximum Gasteiger partial charge on any atom is 0.408 e. The third-order valence-electron chi connectivity index (χ3n) is 8.94. The van der Waals surface area contributed by atoms with Gasteiger partial charge in [-0.25, -0.2) is 14.4 Å². The molecule has 5 atom stereocenters. The van der Waals surface area contributed by atoms with Crippen LogP contribution in [0.15, 0.2) is 30.3 Å². The van der Waals surface area contributed by atoms with Gasteiger partial charge in [-0.3, -0.25) is 19.2 Å². The van der Waals surface area contributed by atoms with Crippen LogP contribution in [0.25, 0.3) is 0 Å². The Labute approximate surface area is 357 Å². The number of esters is 1. The Hall–Kier alpha value is -4.89. The number of nitrogens with one attached hydrogen (secondary N) is 6. The predicted octanol–water partition coefficient (Wildman–Crippen LogP) is 5.27. The van der Waals surface area contributed by atoms with Gasteiger partial charge in [0.2, 0.25) is 23.6 Å². The number of hydrogen-bond donors (Lipinski definition) is 6. The number of benzene rings is 1. The zero-order valence-electron chi connectivity index (χ0n) is 38.0. The second-order valence-electron chi connectivity index (χ2n) is 18.0. The van der Waals surface area contributed by atoms with Crippen molar-refractivity contribution in [2.45, 2.75) is 164 Å². The minimum atomic E-state index is -1.16. The molecule has 0 saturated heterocycles. The molecular weight excluding hydrogens is 773 g/mol. The average molecular weight is 847 g/mol. The van der Waals surface area contributed by atoms with Crippen molar-refractivity contribution in [3.05, 3.63) is 35.9 Å². The molecule has 0 radical (unpaired) electrons. The molecule has 16 nitrogen and oxygen atoms in total. The molecule has 0 fully saturated rings. The highest BCUT2D eigenvalue weighted by Crippen LogP contribution is 2.14. The summed E-state index contributed by atoms with van der Waals surface area (Å²) in [6.45, 7) is 20.6. The molecule has 0 spiro atoms. The molecule has 1 aromatic carbocycles. The first-order chi connectivity index (χ1) is 28.0. The third kappa shape index (κ3) is 23.0. The Kier molecular flexibility index (Phi) is 24.0. The van der Waals surface area contributed by atoms with Crippen molar-refractivity contribution in [2.75, 3.05) is 13.7 Å². The minimum Gasteiger partial charge on any atom is -0.467 e. The van der Waals surface area contributed by atoms with Gasteiger partial charge in [0.15, 0.2) is 0 Å². The summed E-state index contributed by atoms with van der Waals surface area (Å²) in [6, 6.07) is 4.00. The molecule has 0 heterocycles. The van der Waals surface area contributed by atoms with Crippen LogP contribution in [0.3, 0.4) is 0 Å². The highest BCUT2D eigenvalue weighted by molar-refractivity contribution is 5.96. The summed E-state index contributed by atoms with van der Waals surface area (Å²) in [5.74, 6) is -3.08. The van der Waals surface area contributed by atoms with Crippen LogP contribution in [-0.4, -0.2) is 91.2 Å². The van der Waals surface area contributed by atoms with Gasteiger partial charge in [0, 0.05) is 6.54 Å². The highest BCUT2D eigenvalue weighted by Gasteiger charge is 2.34. The molecule has 6 amide bonds. The van der Waals surface area contributed by atoms with E-state index in [0.29, 0.717) is 19.3 Å². The Morgan fingerprint density at radius 3 is 1.42 bits per heavy atom. The Morgan fingerprint density at radius 2 is 0.967 bits per heavy atom. The number of unbranched alkanes of at least 4 members (excludes halogenated alkanes) is 1. The van der Waals surface area contributed by atoms with Gasteiger partial charge in [0.25, 0.3) is 0 Å². The summed E-state index contributed by atoms with van der Waals surface area (Å²) in [7, 11) is 1.24. The van der Waals surface area contributed by atoms with Crippen LogP contribution >= 0.6 is 0 Å². The van der Waals surface area contributed by atoms with Crippen LogP contribution < -0.4 is 31.9 Å². The van der Waals surface area contributed by atoms with Crippen molar-refractivity contribution in [3.8, 4) is 0 Å². The molecule has 1 rings (SSSR count). The summed E-state index contributed by atoms with van der Waals surface area (Å²) in [4.78, 5) is 93.1. The molecular formula is C44H74N6O10. The third-order valence-corrected chi connectivity index (χ3v) is 8.94. The molecule has 0 aliphatic heterocycles.